The van der Waals surface area contributed by atoms with Gasteiger partial charge < -0.3 is 15.2 Å². The average Bonchev–Trinajstić information content (AvgIpc) is 2.77. The summed E-state index contributed by atoms with van der Waals surface area (Å²) in [6.45, 7) is -0.635. The molecule has 32 heavy (non-hydrogen) atoms. The molecule has 0 bridgehead atoms. The number of nitrogens with one attached hydrogen (secondary N) is 1. The highest BCUT2D eigenvalue weighted by atomic mass is 19.4. The molecule has 0 fully saturated rings. The van der Waals surface area contributed by atoms with Crippen molar-refractivity contribution in [1.29, 1.82) is 0 Å². The van der Waals surface area contributed by atoms with Crippen LogP contribution in [0.2, 0.25) is 0 Å². The summed E-state index contributed by atoms with van der Waals surface area (Å²) in [5, 5.41) is 12.5. The number of alkyl halides is 3. The van der Waals surface area contributed by atoms with Crippen LogP contribution in [0, 0.1) is 0 Å². The number of aromatic nitrogens is 3. The van der Waals surface area contributed by atoms with E-state index < -0.39 is 35.0 Å². The SMILES string of the molecule is Cn1c(=O)c2ccc(C(=O)NCC(O)COc3cccc(C(F)(F)F)c3)nc2n(C)c1=O. The summed E-state index contributed by atoms with van der Waals surface area (Å²) < 4.78 is 45.4. The summed E-state index contributed by atoms with van der Waals surface area (Å²) in [6.07, 6.45) is -5.74. The summed E-state index contributed by atoms with van der Waals surface area (Å²) in [7, 11) is 2.74. The zero-order chi connectivity index (χ0) is 23.6. The van der Waals surface area contributed by atoms with Gasteiger partial charge in [0.05, 0.1) is 10.9 Å². The number of benzene rings is 1. The van der Waals surface area contributed by atoms with E-state index in [0.717, 1.165) is 21.3 Å². The Morgan fingerprint density at radius 2 is 1.91 bits per heavy atom. The number of ether oxygens (including phenoxy) is 1. The molecule has 1 amide bonds. The van der Waals surface area contributed by atoms with Gasteiger partial charge in [-0.2, -0.15) is 13.2 Å². The van der Waals surface area contributed by atoms with Gasteiger partial charge in [0.1, 0.15) is 29.8 Å². The van der Waals surface area contributed by atoms with Gasteiger partial charge in [-0.1, -0.05) is 6.07 Å². The zero-order valence-corrected chi connectivity index (χ0v) is 17.0. The number of fused-ring (bicyclic) bond motifs is 1. The summed E-state index contributed by atoms with van der Waals surface area (Å²) >= 11 is 0. The molecule has 0 saturated carbocycles. The lowest BCUT2D eigenvalue weighted by molar-refractivity contribution is -0.137. The Labute approximate surface area is 178 Å². The summed E-state index contributed by atoms with van der Waals surface area (Å²) in [6, 6.07) is 6.86. The van der Waals surface area contributed by atoms with Gasteiger partial charge in [-0.05, 0) is 30.3 Å². The number of aryl methyl sites for hydroxylation is 1. The molecular formula is C20H19F3N4O5. The summed E-state index contributed by atoms with van der Waals surface area (Å²) in [5.74, 6) is -0.762. The molecule has 0 radical (unpaired) electrons. The number of carbonyl (C=O) groups excluding carboxylic acids is 1. The van der Waals surface area contributed by atoms with E-state index in [9.17, 15) is 32.7 Å². The van der Waals surface area contributed by atoms with E-state index in [1.54, 1.807) is 0 Å². The van der Waals surface area contributed by atoms with Gasteiger partial charge in [0.15, 0.2) is 0 Å². The number of hydrogen-bond acceptors (Lipinski definition) is 6. The maximum absolute atomic E-state index is 12.7. The van der Waals surface area contributed by atoms with Crippen LogP contribution < -0.4 is 21.3 Å². The lowest BCUT2D eigenvalue weighted by Crippen LogP contribution is -2.38. The highest BCUT2D eigenvalue weighted by Gasteiger charge is 2.30. The smallest absolute Gasteiger partial charge is 0.416 e. The first kappa shape index (κ1) is 23.0. The fourth-order valence-electron chi connectivity index (χ4n) is 2.90. The molecule has 3 aromatic rings. The third-order valence-electron chi connectivity index (χ3n) is 4.64. The first-order valence-corrected chi connectivity index (χ1v) is 9.32. The molecule has 1 atom stereocenters. The van der Waals surface area contributed by atoms with Crippen LogP contribution in [0.15, 0.2) is 46.0 Å². The molecule has 2 N–H and O–H groups in total. The number of rotatable bonds is 6. The Morgan fingerprint density at radius 3 is 2.59 bits per heavy atom. The molecule has 0 saturated heterocycles. The van der Waals surface area contributed by atoms with E-state index in [0.29, 0.717) is 0 Å². The van der Waals surface area contributed by atoms with E-state index in [-0.39, 0.29) is 35.6 Å². The van der Waals surface area contributed by atoms with Crippen LogP contribution in [0.4, 0.5) is 13.2 Å². The molecule has 170 valence electrons. The summed E-state index contributed by atoms with van der Waals surface area (Å²) in [5.41, 5.74) is -2.10. The molecule has 0 aliphatic heterocycles. The Hall–Kier alpha value is -3.67. The van der Waals surface area contributed by atoms with Crippen LogP contribution in [0.3, 0.4) is 0 Å². The van der Waals surface area contributed by atoms with Gasteiger partial charge in [0.2, 0.25) is 0 Å². The fraction of sp³-hybridized carbons (Fsp3) is 0.300. The lowest BCUT2D eigenvalue weighted by atomic mass is 10.2. The van der Waals surface area contributed by atoms with Crippen LogP contribution in [-0.4, -0.2) is 44.4 Å². The number of carbonyl (C=O) groups is 1. The van der Waals surface area contributed by atoms with Crippen molar-refractivity contribution < 1.29 is 27.8 Å². The van der Waals surface area contributed by atoms with E-state index in [1.807, 2.05) is 0 Å². The maximum Gasteiger partial charge on any atom is 0.416 e. The molecule has 2 aromatic heterocycles. The topological polar surface area (TPSA) is 115 Å². The van der Waals surface area contributed by atoms with Gasteiger partial charge >= 0.3 is 11.9 Å². The Morgan fingerprint density at radius 1 is 1.19 bits per heavy atom. The first-order valence-electron chi connectivity index (χ1n) is 9.32. The standard InChI is InChI=1S/C20H19F3N4O5/c1-26-16-14(18(30)27(2)19(26)31)6-7-15(25-16)17(29)24-9-12(28)10-32-13-5-3-4-11(8-13)20(21,22)23/h3-8,12,28H,9-10H2,1-2H3,(H,24,29). The lowest BCUT2D eigenvalue weighted by Gasteiger charge is -2.14. The predicted molar refractivity (Wildman–Crippen MR) is 108 cm³/mol. The summed E-state index contributed by atoms with van der Waals surface area (Å²) in [4.78, 5) is 40.6. The second-order valence-electron chi connectivity index (χ2n) is 6.97. The molecule has 1 unspecified atom stereocenters. The van der Waals surface area contributed by atoms with E-state index in [2.05, 4.69) is 10.3 Å². The van der Waals surface area contributed by atoms with Crippen LogP contribution in [-0.2, 0) is 20.3 Å². The zero-order valence-electron chi connectivity index (χ0n) is 17.0. The van der Waals surface area contributed by atoms with Crippen molar-refractivity contribution in [2.75, 3.05) is 13.2 Å². The highest BCUT2D eigenvalue weighted by molar-refractivity contribution is 5.94. The molecule has 3 rings (SSSR count). The van der Waals surface area contributed by atoms with Crippen LogP contribution in [0.5, 0.6) is 5.75 Å². The van der Waals surface area contributed by atoms with Crippen LogP contribution in [0.1, 0.15) is 16.1 Å². The maximum atomic E-state index is 12.7. The number of aliphatic hydroxyl groups is 1. The van der Waals surface area contributed by atoms with Crippen molar-refractivity contribution in [2.24, 2.45) is 14.1 Å². The third-order valence-corrected chi connectivity index (χ3v) is 4.64. The minimum absolute atomic E-state index is 0.0270. The van der Waals surface area contributed by atoms with Crippen molar-refractivity contribution in [3.8, 4) is 5.75 Å². The molecule has 12 heteroatoms. The normalized spacial score (nSPS) is 12.6. The largest absolute Gasteiger partial charge is 0.491 e. The average molecular weight is 452 g/mol. The first-order chi connectivity index (χ1) is 15.0. The molecule has 1 aromatic carbocycles. The van der Waals surface area contributed by atoms with Crippen molar-refractivity contribution in [3.63, 3.8) is 0 Å². The van der Waals surface area contributed by atoms with Crippen molar-refractivity contribution in [2.45, 2.75) is 12.3 Å². The van der Waals surface area contributed by atoms with Gasteiger partial charge in [0, 0.05) is 20.6 Å². The second kappa shape index (κ2) is 8.83. The number of aliphatic hydroxyl groups excluding tert-OH is 1. The third kappa shape index (κ3) is 4.80. The van der Waals surface area contributed by atoms with Crippen molar-refractivity contribution >= 4 is 16.9 Å². The van der Waals surface area contributed by atoms with E-state index in [1.165, 1.54) is 38.4 Å². The highest BCUT2D eigenvalue weighted by Crippen LogP contribution is 2.31. The number of pyridine rings is 1. The second-order valence-corrected chi connectivity index (χ2v) is 6.97. The predicted octanol–water partition coefficient (Wildman–Crippen LogP) is 0.821. The van der Waals surface area contributed by atoms with Gasteiger partial charge in [-0.25, -0.2) is 9.78 Å². The van der Waals surface area contributed by atoms with E-state index in [4.69, 9.17) is 4.74 Å². The monoisotopic (exact) mass is 452 g/mol. The Kier molecular flexibility index (Phi) is 6.35. The Balaban J connectivity index is 1.64. The van der Waals surface area contributed by atoms with Gasteiger partial charge in [-0.3, -0.25) is 18.7 Å². The van der Waals surface area contributed by atoms with E-state index >= 15 is 0 Å². The fourth-order valence-corrected chi connectivity index (χ4v) is 2.90. The number of nitrogens with zero attached hydrogens (tertiary/aromatic N) is 3. The Bertz CT molecular complexity index is 1280. The molecular weight excluding hydrogens is 433 g/mol. The van der Waals surface area contributed by atoms with Crippen molar-refractivity contribution in [3.05, 3.63) is 68.5 Å². The molecule has 9 nitrogen and oxygen atoms in total. The number of amides is 1. The number of hydrogen-bond donors (Lipinski definition) is 2. The quantitative estimate of drug-likeness (QED) is 0.572. The minimum atomic E-state index is -4.52. The molecule has 0 spiro atoms. The van der Waals surface area contributed by atoms with Gasteiger partial charge in [-0.15, -0.1) is 0 Å². The molecule has 0 aliphatic rings. The van der Waals surface area contributed by atoms with Gasteiger partial charge in [0.25, 0.3) is 11.5 Å². The van der Waals surface area contributed by atoms with Crippen molar-refractivity contribution in [1.82, 2.24) is 19.4 Å². The number of halogens is 3. The van der Waals surface area contributed by atoms with Crippen LogP contribution in [0.25, 0.3) is 11.0 Å². The molecule has 0 aliphatic carbocycles. The molecule has 2 heterocycles. The van der Waals surface area contributed by atoms with Crippen LogP contribution >= 0.6 is 0 Å². The minimum Gasteiger partial charge on any atom is -0.491 e.